The van der Waals surface area contributed by atoms with Crippen LogP contribution in [-0.2, 0) is 0 Å². The van der Waals surface area contributed by atoms with E-state index < -0.39 is 5.97 Å². The molecule has 0 radical (unpaired) electrons. The van der Waals surface area contributed by atoms with Crippen molar-refractivity contribution in [2.75, 3.05) is 18.5 Å². The number of carboxylic acid groups (broad SMARTS) is 1. The molecule has 1 unspecified atom stereocenters. The monoisotopic (exact) mass is 211 g/mol. The maximum absolute atomic E-state index is 10.8. The third-order valence-corrected chi connectivity index (χ3v) is 1.88. The second kappa shape index (κ2) is 5.26. The fraction of sp³-hybridized carbons (Fsp3) is 0.444. The maximum atomic E-state index is 10.8. The highest BCUT2D eigenvalue weighted by molar-refractivity contribution is 5.92. The van der Waals surface area contributed by atoms with E-state index in [0.717, 1.165) is 0 Å². The van der Waals surface area contributed by atoms with E-state index in [4.69, 9.17) is 10.2 Å². The van der Waals surface area contributed by atoms with Gasteiger partial charge < -0.3 is 15.5 Å². The van der Waals surface area contributed by atoms with Crippen LogP contribution in [0.4, 0.5) is 5.82 Å². The summed E-state index contributed by atoms with van der Waals surface area (Å²) in [5.74, 6) is -0.789. The van der Waals surface area contributed by atoms with E-state index in [1.54, 1.807) is 0 Å². The molecule has 0 saturated carbocycles. The number of aromatic nitrogens is 2. The largest absolute Gasteiger partial charge is 0.478 e. The van der Waals surface area contributed by atoms with Crippen LogP contribution in [0.5, 0.6) is 0 Å². The van der Waals surface area contributed by atoms with Crippen LogP contribution >= 0.6 is 0 Å². The summed E-state index contributed by atoms with van der Waals surface area (Å²) >= 11 is 0. The minimum absolute atomic E-state index is 0.0358. The third-order valence-electron chi connectivity index (χ3n) is 1.88. The average molecular weight is 211 g/mol. The summed E-state index contributed by atoms with van der Waals surface area (Å²) in [6.45, 7) is 2.33. The Kier molecular flexibility index (Phi) is 3.99. The van der Waals surface area contributed by atoms with Gasteiger partial charge in [-0.05, 0) is 12.0 Å². The highest BCUT2D eigenvalue weighted by Gasteiger charge is 2.11. The number of rotatable bonds is 5. The first kappa shape index (κ1) is 11.4. The topological polar surface area (TPSA) is 95.3 Å². The lowest BCUT2D eigenvalue weighted by Gasteiger charge is -2.10. The molecular formula is C9H13N3O3. The van der Waals surface area contributed by atoms with Gasteiger partial charge in [0.25, 0.3) is 0 Å². The van der Waals surface area contributed by atoms with E-state index in [0.29, 0.717) is 6.54 Å². The van der Waals surface area contributed by atoms with Gasteiger partial charge in [0, 0.05) is 13.2 Å². The van der Waals surface area contributed by atoms with Crippen molar-refractivity contribution < 1.29 is 15.0 Å². The van der Waals surface area contributed by atoms with Gasteiger partial charge >= 0.3 is 5.97 Å². The molecule has 0 bridgehead atoms. The van der Waals surface area contributed by atoms with Crippen molar-refractivity contribution in [3.63, 3.8) is 0 Å². The molecule has 0 amide bonds. The summed E-state index contributed by atoms with van der Waals surface area (Å²) in [7, 11) is 0. The van der Waals surface area contributed by atoms with Crippen molar-refractivity contribution in [1.82, 2.24) is 10.2 Å². The quantitative estimate of drug-likeness (QED) is 0.644. The summed E-state index contributed by atoms with van der Waals surface area (Å²) < 4.78 is 0. The molecule has 0 aromatic carbocycles. The first-order valence-electron chi connectivity index (χ1n) is 4.55. The lowest BCUT2D eigenvalue weighted by atomic mass is 10.2. The number of nitrogens with zero attached hydrogens (tertiary/aromatic N) is 2. The Morgan fingerprint density at radius 1 is 1.67 bits per heavy atom. The highest BCUT2D eigenvalue weighted by Crippen LogP contribution is 2.10. The van der Waals surface area contributed by atoms with Gasteiger partial charge in [0.05, 0.1) is 6.20 Å². The Hall–Kier alpha value is -1.69. The molecule has 0 aliphatic rings. The molecule has 0 saturated heterocycles. The Bertz CT molecular complexity index is 343. The second-order valence-corrected chi connectivity index (χ2v) is 3.27. The van der Waals surface area contributed by atoms with Gasteiger partial charge in [-0.25, -0.2) is 4.79 Å². The first-order chi connectivity index (χ1) is 7.15. The normalized spacial score (nSPS) is 12.1. The summed E-state index contributed by atoms with van der Waals surface area (Å²) in [5, 5.41) is 27.7. The molecule has 0 aliphatic heterocycles. The summed E-state index contributed by atoms with van der Waals surface area (Å²) in [6, 6.07) is 1.38. The Balaban J connectivity index is 2.72. The molecule has 1 aromatic heterocycles. The smallest absolute Gasteiger partial charge is 0.339 e. The van der Waals surface area contributed by atoms with E-state index in [2.05, 4.69) is 15.5 Å². The number of nitrogens with one attached hydrogen (secondary N) is 1. The van der Waals surface area contributed by atoms with Crippen molar-refractivity contribution in [3.05, 3.63) is 17.8 Å². The van der Waals surface area contributed by atoms with E-state index in [1.807, 2.05) is 6.92 Å². The van der Waals surface area contributed by atoms with Crippen LogP contribution in [0.3, 0.4) is 0 Å². The van der Waals surface area contributed by atoms with Crippen LogP contribution in [0.1, 0.15) is 17.3 Å². The maximum Gasteiger partial charge on any atom is 0.339 e. The molecular weight excluding hydrogens is 198 g/mol. The van der Waals surface area contributed by atoms with E-state index >= 15 is 0 Å². The van der Waals surface area contributed by atoms with Crippen molar-refractivity contribution in [3.8, 4) is 0 Å². The van der Waals surface area contributed by atoms with Gasteiger partial charge in [0.2, 0.25) is 0 Å². The molecule has 0 spiro atoms. The van der Waals surface area contributed by atoms with Crippen molar-refractivity contribution in [2.45, 2.75) is 6.92 Å². The lowest BCUT2D eigenvalue weighted by molar-refractivity contribution is 0.0697. The van der Waals surface area contributed by atoms with Gasteiger partial charge in [-0.3, -0.25) is 0 Å². The Morgan fingerprint density at radius 3 is 3.00 bits per heavy atom. The van der Waals surface area contributed by atoms with Gasteiger partial charge in [0.15, 0.2) is 5.82 Å². The summed E-state index contributed by atoms with van der Waals surface area (Å²) in [5.41, 5.74) is 0.0788. The molecule has 82 valence electrons. The number of hydrogen-bond donors (Lipinski definition) is 3. The van der Waals surface area contributed by atoms with Crippen molar-refractivity contribution in [1.29, 1.82) is 0 Å². The van der Waals surface area contributed by atoms with Crippen LogP contribution in [0.15, 0.2) is 12.3 Å². The molecule has 1 rings (SSSR count). The number of aliphatic hydroxyl groups is 1. The number of hydrogen-bond acceptors (Lipinski definition) is 5. The minimum atomic E-state index is -1.05. The number of anilines is 1. The lowest BCUT2D eigenvalue weighted by Crippen LogP contribution is -2.17. The zero-order valence-electron chi connectivity index (χ0n) is 8.34. The first-order valence-corrected chi connectivity index (χ1v) is 4.55. The predicted octanol–water partition coefficient (Wildman–Crippen LogP) is 0.215. The number of aromatic carboxylic acids is 1. The van der Waals surface area contributed by atoms with E-state index in [9.17, 15) is 4.79 Å². The van der Waals surface area contributed by atoms with E-state index in [1.165, 1.54) is 12.3 Å². The SMILES string of the molecule is CC(CO)CNc1nnccc1C(=O)O. The molecule has 1 aromatic rings. The van der Waals surface area contributed by atoms with Gasteiger partial charge in [-0.2, -0.15) is 5.10 Å². The fourth-order valence-electron chi connectivity index (χ4n) is 0.970. The highest BCUT2D eigenvalue weighted by atomic mass is 16.4. The van der Waals surface area contributed by atoms with Gasteiger partial charge in [0.1, 0.15) is 5.56 Å². The molecule has 6 nitrogen and oxygen atoms in total. The molecule has 1 heterocycles. The summed E-state index contributed by atoms with van der Waals surface area (Å²) in [6.07, 6.45) is 1.32. The Morgan fingerprint density at radius 2 is 2.40 bits per heavy atom. The van der Waals surface area contributed by atoms with Crippen molar-refractivity contribution >= 4 is 11.8 Å². The number of carboxylic acids is 1. The zero-order chi connectivity index (χ0) is 11.3. The van der Waals surface area contributed by atoms with Crippen LogP contribution in [-0.4, -0.2) is 39.5 Å². The van der Waals surface area contributed by atoms with E-state index in [-0.39, 0.29) is 23.9 Å². The molecule has 1 atom stereocenters. The van der Waals surface area contributed by atoms with Gasteiger partial charge in [-0.1, -0.05) is 6.92 Å². The van der Waals surface area contributed by atoms with Crippen LogP contribution in [0.25, 0.3) is 0 Å². The number of aliphatic hydroxyl groups excluding tert-OH is 1. The average Bonchev–Trinajstić information content (AvgIpc) is 2.26. The fourth-order valence-corrected chi connectivity index (χ4v) is 0.970. The molecule has 3 N–H and O–H groups in total. The van der Waals surface area contributed by atoms with Gasteiger partial charge in [-0.15, -0.1) is 5.10 Å². The molecule has 0 fully saturated rings. The standard InChI is InChI=1S/C9H13N3O3/c1-6(5-13)4-10-8-7(9(14)15)2-3-11-12-8/h2-3,6,13H,4-5H2,1H3,(H,10,12)(H,14,15). The van der Waals surface area contributed by atoms with Crippen LogP contribution in [0, 0.1) is 5.92 Å². The zero-order valence-corrected chi connectivity index (χ0v) is 8.34. The van der Waals surface area contributed by atoms with Crippen molar-refractivity contribution in [2.24, 2.45) is 5.92 Å². The van der Waals surface area contributed by atoms with Crippen LogP contribution in [0.2, 0.25) is 0 Å². The predicted molar refractivity (Wildman–Crippen MR) is 53.7 cm³/mol. The summed E-state index contributed by atoms with van der Waals surface area (Å²) in [4.78, 5) is 10.8. The molecule has 6 heteroatoms. The third kappa shape index (κ3) is 3.17. The number of carbonyl (C=O) groups is 1. The second-order valence-electron chi connectivity index (χ2n) is 3.27. The molecule has 0 aliphatic carbocycles. The Labute approximate surface area is 87.0 Å². The minimum Gasteiger partial charge on any atom is -0.478 e. The molecule has 15 heavy (non-hydrogen) atoms. The van der Waals surface area contributed by atoms with Crippen LogP contribution < -0.4 is 5.32 Å².